The molecule has 0 aliphatic rings. The summed E-state index contributed by atoms with van der Waals surface area (Å²) in [5, 5.41) is 10.4. The molecule has 124 valence electrons. The molecule has 0 saturated heterocycles. The van der Waals surface area contributed by atoms with Crippen LogP contribution in [0.3, 0.4) is 0 Å². The van der Waals surface area contributed by atoms with E-state index in [-0.39, 0.29) is 6.42 Å². The number of aliphatic carboxylic acids is 1. The molecule has 0 radical (unpaired) electrons. The molecule has 0 fully saturated rings. The Balaban J connectivity index is 2.36. The van der Waals surface area contributed by atoms with Crippen molar-refractivity contribution in [2.45, 2.75) is 40.0 Å². The molecule has 0 spiro atoms. The zero-order valence-electron chi connectivity index (χ0n) is 14.6. The molecule has 0 amide bonds. The first-order valence-electron chi connectivity index (χ1n) is 8.31. The quantitative estimate of drug-likeness (QED) is 0.693. The fraction of sp³-hybridized carbons (Fsp3) is 0.286. The van der Waals surface area contributed by atoms with Crippen LogP contribution < -0.4 is 0 Å². The number of aryl methyl sites for hydroxylation is 2. The Morgan fingerprint density at radius 2 is 1.92 bits per heavy atom. The largest absolute Gasteiger partial charge is 0.481 e. The molecule has 3 heteroatoms. The number of hydrogen-bond donors (Lipinski definition) is 2. The normalized spacial score (nSPS) is 11.4. The van der Waals surface area contributed by atoms with Gasteiger partial charge in [-0.15, -0.1) is 0 Å². The van der Waals surface area contributed by atoms with E-state index in [1.165, 1.54) is 11.1 Å². The van der Waals surface area contributed by atoms with Crippen molar-refractivity contribution in [3.8, 4) is 11.3 Å². The third kappa shape index (κ3) is 2.82. The zero-order chi connectivity index (χ0) is 17.4. The van der Waals surface area contributed by atoms with Crippen LogP contribution >= 0.6 is 0 Å². The number of nitrogens with one attached hydrogen (secondary N) is 1. The van der Waals surface area contributed by atoms with Crippen LogP contribution in [0.5, 0.6) is 0 Å². The standard InChI is InChI=1S/C21H23NO2/c1-12(2)15-6-5-7-16-18(11-19(23)24)21(22-20(15)16)17-10-13(3)8-9-14(17)4/h5-10,12,22H,11H2,1-4H3,(H,23,24). The van der Waals surface area contributed by atoms with Gasteiger partial charge in [-0.2, -0.15) is 0 Å². The van der Waals surface area contributed by atoms with E-state index in [0.29, 0.717) is 5.92 Å². The Hall–Kier alpha value is -2.55. The molecular formula is C21H23NO2. The number of aromatic amines is 1. The fourth-order valence-electron chi connectivity index (χ4n) is 3.35. The van der Waals surface area contributed by atoms with Gasteiger partial charge in [0.1, 0.15) is 0 Å². The molecule has 3 rings (SSSR count). The van der Waals surface area contributed by atoms with E-state index in [1.807, 2.05) is 12.1 Å². The summed E-state index contributed by atoms with van der Waals surface area (Å²) in [6.07, 6.45) is 0.0181. The van der Waals surface area contributed by atoms with Crippen LogP contribution in [0, 0.1) is 13.8 Å². The average molecular weight is 321 g/mol. The number of H-pyrrole nitrogens is 1. The Kier molecular flexibility index (Phi) is 4.18. The molecule has 0 aliphatic carbocycles. The summed E-state index contributed by atoms with van der Waals surface area (Å²) in [6, 6.07) is 12.4. The third-order valence-electron chi connectivity index (χ3n) is 4.59. The Morgan fingerprint density at radius 1 is 1.17 bits per heavy atom. The number of hydrogen-bond acceptors (Lipinski definition) is 1. The second-order valence-electron chi connectivity index (χ2n) is 6.79. The molecule has 3 aromatic rings. The molecule has 0 atom stereocenters. The highest BCUT2D eigenvalue weighted by atomic mass is 16.4. The number of aromatic nitrogens is 1. The second-order valence-corrected chi connectivity index (χ2v) is 6.79. The number of carboxylic acids is 1. The number of rotatable bonds is 4. The van der Waals surface area contributed by atoms with Gasteiger partial charge in [0.25, 0.3) is 0 Å². The summed E-state index contributed by atoms with van der Waals surface area (Å²) in [4.78, 5) is 15.0. The lowest BCUT2D eigenvalue weighted by Crippen LogP contribution is -2.01. The number of carbonyl (C=O) groups is 1. The van der Waals surface area contributed by atoms with Gasteiger partial charge in [-0.3, -0.25) is 4.79 Å². The minimum atomic E-state index is -0.808. The van der Waals surface area contributed by atoms with Gasteiger partial charge in [0.15, 0.2) is 0 Å². The Labute approximate surface area is 142 Å². The maximum atomic E-state index is 11.5. The number of para-hydroxylation sites is 1. The number of fused-ring (bicyclic) bond motifs is 1. The smallest absolute Gasteiger partial charge is 0.307 e. The van der Waals surface area contributed by atoms with E-state index >= 15 is 0 Å². The van der Waals surface area contributed by atoms with Crippen LogP contribution in [0.15, 0.2) is 36.4 Å². The Bertz CT molecular complexity index is 919. The summed E-state index contributed by atoms with van der Waals surface area (Å²) in [6.45, 7) is 8.43. The molecular weight excluding hydrogens is 298 g/mol. The lowest BCUT2D eigenvalue weighted by Gasteiger charge is -2.08. The van der Waals surface area contributed by atoms with E-state index < -0.39 is 5.97 Å². The average Bonchev–Trinajstić information content (AvgIpc) is 2.87. The molecule has 0 saturated carbocycles. The van der Waals surface area contributed by atoms with E-state index in [9.17, 15) is 9.90 Å². The molecule has 0 unspecified atom stereocenters. The minimum Gasteiger partial charge on any atom is -0.481 e. The van der Waals surface area contributed by atoms with E-state index in [4.69, 9.17) is 0 Å². The van der Waals surface area contributed by atoms with E-state index in [2.05, 4.69) is 56.9 Å². The van der Waals surface area contributed by atoms with Gasteiger partial charge in [-0.25, -0.2) is 0 Å². The van der Waals surface area contributed by atoms with Gasteiger partial charge >= 0.3 is 5.97 Å². The summed E-state index contributed by atoms with van der Waals surface area (Å²) in [5.41, 5.74) is 7.47. The van der Waals surface area contributed by atoms with Crippen molar-refractivity contribution >= 4 is 16.9 Å². The maximum Gasteiger partial charge on any atom is 0.307 e. The lowest BCUT2D eigenvalue weighted by atomic mass is 9.96. The zero-order valence-corrected chi connectivity index (χ0v) is 14.6. The van der Waals surface area contributed by atoms with Gasteiger partial charge in [0, 0.05) is 16.5 Å². The molecule has 1 aromatic heterocycles. The highest BCUT2D eigenvalue weighted by Crippen LogP contribution is 2.36. The van der Waals surface area contributed by atoms with Crippen molar-refractivity contribution < 1.29 is 9.90 Å². The number of carboxylic acid groups (broad SMARTS) is 1. The first-order chi connectivity index (χ1) is 11.4. The summed E-state index contributed by atoms with van der Waals surface area (Å²) in [7, 11) is 0. The van der Waals surface area contributed by atoms with E-state index in [0.717, 1.165) is 33.3 Å². The van der Waals surface area contributed by atoms with Crippen LogP contribution in [0.25, 0.3) is 22.2 Å². The first-order valence-corrected chi connectivity index (χ1v) is 8.31. The first kappa shape index (κ1) is 16.3. The van der Waals surface area contributed by atoms with Gasteiger partial charge in [0.2, 0.25) is 0 Å². The summed E-state index contributed by atoms with van der Waals surface area (Å²) in [5.74, 6) is -0.436. The highest BCUT2D eigenvalue weighted by Gasteiger charge is 2.19. The second kappa shape index (κ2) is 6.16. The predicted molar refractivity (Wildman–Crippen MR) is 98.6 cm³/mol. The van der Waals surface area contributed by atoms with Crippen molar-refractivity contribution in [3.05, 3.63) is 58.7 Å². The summed E-state index contributed by atoms with van der Waals surface area (Å²) < 4.78 is 0. The van der Waals surface area contributed by atoms with Crippen LogP contribution in [-0.4, -0.2) is 16.1 Å². The monoisotopic (exact) mass is 321 g/mol. The third-order valence-corrected chi connectivity index (χ3v) is 4.59. The Morgan fingerprint density at radius 3 is 2.58 bits per heavy atom. The molecule has 0 bridgehead atoms. The predicted octanol–water partition coefficient (Wildman–Crippen LogP) is 5.20. The molecule has 0 aliphatic heterocycles. The van der Waals surface area contributed by atoms with Crippen molar-refractivity contribution in [2.75, 3.05) is 0 Å². The fourth-order valence-corrected chi connectivity index (χ4v) is 3.35. The van der Waals surface area contributed by atoms with E-state index in [1.54, 1.807) is 0 Å². The van der Waals surface area contributed by atoms with Gasteiger partial charge in [-0.05, 0) is 42.5 Å². The minimum absolute atomic E-state index is 0.0181. The van der Waals surface area contributed by atoms with Crippen molar-refractivity contribution in [1.29, 1.82) is 0 Å². The van der Waals surface area contributed by atoms with Crippen molar-refractivity contribution in [2.24, 2.45) is 0 Å². The van der Waals surface area contributed by atoms with Crippen LogP contribution in [0.1, 0.15) is 42.0 Å². The summed E-state index contributed by atoms with van der Waals surface area (Å²) >= 11 is 0. The molecule has 24 heavy (non-hydrogen) atoms. The molecule has 3 nitrogen and oxygen atoms in total. The SMILES string of the molecule is Cc1ccc(C)c(-c2[nH]c3c(C(C)C)cccc3c2CC(=O)O)c1. The molecule has 2 N–H and O–H groups in total. The number of benzene rings is 2. The van der Waals surface area contributed by atoms with Crippen molar-refractivity contribution in [1.82, 2.24) is 4.98 Å². The topological polar surface area (TPSA) is 53.1 Å². The van der Waals surface area contributed by atoms with Gasteiger partial charge in [0.05, 0.1) is 12.1 Å². The van der Waals surface area contributed by atoms with Crippen LogP contribution in [0.4, 0.5) is 0 Å². The van der Waals surface area contributed by atoms with Crippen LogP contribution in [-0.2, 0) is 11.2 Å². The molecule has 1 heterocycles. The van der Waals surface area contributed by atoms with Gasteiger partial charge in [-0.1, -0.05) is 49.7 Å². The highest BCUT2D eigenvalue weighted by molar-refractivity contribution is 5.96. The maximum absolute atomic E-state index is 11.5. The molecule has 2 aromatic carbocycles. The van der Waals surface area contributed by atoms with Gasteiger partial charge < -0.3 is 10.1 Å². The van der Waals surface area contributed by atoms with Crippen LogP contribution in [0.2, 0.25) is 0 Å². The van der Waals surface area contributed by atoms with Crippen molar-refractivity contribution in [3.63, 3.8) is 0 Å². The lowest BCUT2D eigenvalue weighted by molar-refractivity contribution is -0.136.